The van der Waals surface area contributed by atoms with Crippen molar-refractivity contribution in [3.05, 3.63) is 76.6 Å². The van der Waals surface area contributed by atoms with Crippen LogP contribution in [0.2, 0.25) is 5.02 Å². The fourth-order valence-electron chi connectivity index (χ4n) is 3.27. The smallest absolute Gasteiger partial charge is 0.143 e. The van der Waals surface area contributed by atoms with Crippen molar-refractivity contribution in [1.29, 1.82) is 5.26 Å². The summed E-state index contributed by atoms with van der Waals surface area (Å²) in [5.41, 5.74) is 5.66. The molecule has 5 heteroatoms. The van der Waals surface area contributed by atoms with Crippen molar-refractivity contribution >= 4 is 22.6 Å². The van der Waals surface area contributed by atoms with Gasteiger partial charge in [-0.25, -0.2) is 4.98 Å². The van der Waals surface area contributed by atoms with E-state index >= 15 is 0 Å². The second-order valence-electron chi connectivity index (χ2n) is 6.34. The van der Waals surface area contributed by atoms with Gasteiger partial charge in [0, 0.05) is 29.9 Å². The van der Waals surface area contributed by atoms with Crippen LogP contribution in [0.4, 0.5) is 0 Å². The molecule has 0 saturated heterocycles. The summed E-state index contributed by atoms with van der Waals surface area (Å²) in [6.07, 6.45) is 0. The summed E-state index contributed by atoms with van der Waals surface area (Å²) in [6.45, 7) is 2.71. The molecule has 0 spiro atoms. The lowest BCUT2D eigenvalue weighted by molar-refractivity contribution is 0.828. The second kappa shape index (κ2) is 6.36. The fourth-order valence-corrected chi connectivity index (χ4v) is 3.43. The van der Waals surface area contributed by atoms with Crippen molar-refractivity contribution in [1.82, 2.24) is 14.1 Å². The molecule has 0 fully saturated rings. The van der Waals surface area contributed by atoms with Crippen molar-refractivity contribution in [2.24, 2.45) is 7.05 Å². The number of benzene rings is 2. The number of rotatable bonds is 3. The minimum absolute atomic E-state index is 0.619. The largest absolute Gasteiger partial charge is 0.339 e. The number of imidazole rings is 1. The molecule has 0 aliphatic carbocycles. The van der Waals surface area contributed by atoms with Gasteiger partial charge in [0.1, 0.15) is 17.6 Å². The summed E-state index contributed by atoms with van der Waals surface area (Å²) in [7, 11) is 1.90. The van der Waals surface area contributed by atoms with Gasteiger partial charge in [-0.3, -0.25) is 0 Å². The van der Waals surface area contributed by atoms with E-state index in [4.69, 9.17) is 16.6 Å². The Morgan fingerprint density at radius 3 is 2.58 bits per heavy atom. The first kappa shape index (κ1) is 16.4. The number of halogens is 1. The first-order chi connectivity index (χ1) is 12.6. The molecule has 2 aromatic heterocycles. The minimum Gasteiger partial charge on any atom is -0.339 e. The third-order valence-corrected chi connectivity index (χ3v) is 5.02. The molecule has 0 bridgehead atoms. The lowest BCUT2D eigenvalue weighted by atomic mass is 10.2. The lowest BCUT2D eigenvalue weighted by Crippen LogP contribution is -2.03. The van der Waals surface area contributed by atoms with E-state index < -0.39 is 0 Å². The molecule has 2 aromatic carbocycles. The van der Waals surface area contributed by atoms with Gasteiger partial charge in [0.25, 0.3) is 0 Å². The highest BCUT2D eigenvalue weighted by molar-refractivity contribution is 6.31. The molecular formula is C21H17ClN4. The Hall–Kier alpha value is -3.03. The maximum atomic E-state index is 9.37. The standard InChI is InChI=1S/C21H17ClN4/c1-14-18(11-17(12-23)25(14)2)21-24-19-10-16(22)8-9-20(19)26(21)13-15-6-4-3-5-7-15/h3-11H,13H2,1-2H3. The number of hydrogen-bond donors (Lipinski definition) is 0. The van der Waals surface area contributed by atoms with E-state index in [0.29, 0.717) is 17.3 Å². The second-order valence-corrected chi connectivity index (χ2v) is 6.78. The van der Waals surface area contributed by atoms with Crippen molar-refractivity contribution in [2.45, 2.75) is 13.5 Å². The van der Waals surface area contributed by atoms with Crippen LogP contribution in [0.25, 0.3) is 22.4 Å². The Labute approximate surface area is 156 Å². The van der Waals surface area contributed by atoms with Crippen molar-refractivity contribution < 1.29 is 0 Å². The van der Waals surface area contributed by atoms with Gasteiger partial charge in [0.15, 0.2) is 0 Å². The quantitative estimate of drug-likeness (QED) is 0.520. The van der Waals surface area contributed by atoms with E-state index in [9.17, 15) is 5.26 Å². The first-order valence-electron chi connectivity index (χ1n) is 8.35. The van der Waals surface area contributed by atoms with Crippen molar-refractivity contribution in [2.75, 3.05) is 0 Å². The van der Waals surface area contributed by atoms with Crippen LogP contribution in [0.5, 0.6) is 0 Å². The molecule has 0 radical (unpaired) electrons. The van der Waals surface area contributed by atoms with Gasteiger partial charge >= 0.3 is 0 Å². The normalized spacial score (nSPS) is 11.0. The maximum Gasteiger partial charge on any atom is 0.143 e. The molecule has 128 valence electrons. The number of aromatic nitrogens is 3. The minimum atomic E-state index is 0.619. The highest BCUT2D eigenvalue weighted by atomic mass is 35.5. The number of fused-ring (bicyclic) bond motifs is 1. The summed E-state index contributed by atoms with van der Waals surface area (Å²) < 4.78 is 4.08. The van der Waals surface area contributed by atoms with Crippen LogP contribution >= 0.6 is 11.6 Å². The van der Waals surface area contributed by atoms with E-state index in [0.717, 1.165) is 28.1 Å². The van der Waals surface area contributed by atoms with Crippen LogP contribution in [-0.4, -0.2) is 14.1 Å². The van der Waals surface area contributed by atoms with Crippen LogP contribution in [0.3, 0.4) is 0 Å². The molecule has 0 aliphatic heterocycles. The molecule has 4 rings (SSSR count). The highest BCUT2D eigenvalue weighted by Gasteiger charge is 2.18. The predicted molar refractivity (Wildman–Crippen MR) is 104 cm³/mol. The number of hydrogen-bond acceptors (Lipinski definition) is 2. The number of nitrogens with zero attached hydrogens (tertiary/aromatic N) is 4. The molecule has 0 unspecified atom stereocenters. The predicted octanol–water partition coefficient (Wildman–Crippen LogP) is 4.92. The SMILES string of the molecule is Cc1c(-c2nc3cc(Cl)ccc3n2Cc2ccccc2)cc(C#N)n1C. The van der Waals surface area contributed by atoms with E-state index in [-0.39, 0.29) is 0 Å². The van der Waals surface area contributed by atoms with Crippen LogP contribution in [0.1, 0.15) is 17.0 Å². The molecule has 26 heavy (non-hydrogen) atoms. The Balaban J connectivity index is 1.97. The van der Waals surface area contributed by atoms with E-state index in [1.165, 1.54) is 5.56 Å². The van der Waals surface area contributed by atoms with Gasteiger partial charge in [-0.1, -0.05) is 41.9 Å². The van der Waals surface area contributed by atoms with Crippen molar-refractivity contribution in [3.63, 3.8) is 0 Å². The summed E-state index contributed by atoms with van der Waals surface area (Å²) in [5.74, 6) is 0.848. The first-order valence-corrected chi connectivity index (χ1v) is 8.73. The van der Waals surface area contributed by atoms with Crippen LogP contribution in [-0.2, 0) is 13.6 Å². The van der Waals surface area contributed by atoms with E-state index in [2.05, 4.69) is 22.8 Å². The molecule has 0 amide bonds. The molecule has 0 saturated carbocycles. The fraction of sp³-hybridized carbons (Fsp3) is 0.143. The molecule has 0 N–H and O–H groups in total. The van der Waals surface area contributed by atoms with E-state index in [1.807, 2.05) is 61.0 Å². The van der Waals surface area contributed by atoms with Crippen LogP contribution < -0.4 is 0 Å². The van der Waals surface area contributed by atoms with Gasteiger partial charge in [-0.2, -0.15) is 5.26 Å². The van der Waals surface area contributed by atoms with E-state index in [1.54, 1.807) is 0 Å². The van der Waals surface area contributed by atoms with Crippen LogP contribution in [0, 0.1) is 18.3 Å². The molecule has 2 heterocycles. The van der Waals surface area contributed by atoms with Gasteiger partial charge in [0.2, 0.25) is 0 Å². The zero-order chi connectivity index (χ0) is 18.3. The van der Waals surface area contributed by atoms with Gasteiger partial charge < -0.3 is 9.13 Å². The average Bonchev–Trinajstić information content (AvgIpc) is 3.13. The third-order valence-electron chi connectivity index (χ3n) is 4.78. The van der Waals surface area contributed by atoms with Crippen LogP contribution in [0.15, 0.2) is 54.6 Å². The lowest BCUT2D eigenvalue weighted by Gasteiger charge is -2.10. The summed E-state index contributed by atoms with van der Waals surface area (Å²) in [6, 6.07) is 20.2. The molecule has 0 aliphatic rings. The Morgan fingerprint density at radius 1 is 1.12 bits per heavy atom. The Morgan fingerprint density at radius 2 is 1.88 bits per heavy atom. The maximum absolute atomic E-state index is 9.37. The van der Waals surface area contributed by atoms with Gasteiger partial charge in [-0.05, 0) is 36.8 Å². The zero-order valence-corrected chi connectivity index (χ0v) is 15.3. The zero-order valence-electron chi connectivity index (χ0n) is 14.6. The molecule has 0 atom stereocenters. The average molecular weight is 361 g/mol. The highest BCUT2D eigenvalue weighted by Crippen LogP contribution is 2.31. The Kier molecular flexibility index (Phi) is 4.02. The molecular weight excluding hydrogens is 344 g/mol. The Bertz CT molecular complexity index is 1150. The molecule has 4 nitrogen and oxygen atoms in total. The number of nitriles is 1. The molecule has 4 aromatic rings. The topological polar surface area (TPSA) is 46.5 Å². The third kappa shape index (κ3) is 2.67. The van der Waals surface area contributed by atoms with Gasteiger partial charge in [-0.15, -0.1) is 0 Å². The summed E-state index contributed by atoms with van der Waals surface area (Å²) >= 11 is 6.17. The monoisotopic (exact) mass is 360 g/mol. The summed E-state index contributed by atoms with van der Waals surface area (Å²) in [4.78, 5) is 4.85. The van der Waals surface area contributed by atoms with Gasteiger partial charge in [0.05, 0.1) is 11.0 Å². The summed E-state index contributed by atoms with van der Waals surface area (Å²) in [5, 5.41) is 10.0. The van der Waals surface area contributed by atoms with Crippen molar-refractivity contribution in [3.8, 4) is 17.5 Å².